The Morgan fingerprint density at radius 3 is 2.27 bits per heavy atom. The van der Waals surface area contributed by atoms with E-state index in [0.717, 1.165) is 5.56 Å². The fourth-order valence-electron chi connectivity index (χ4n) is 2.20. The zero-order valence-electron chi connectivity index (χ0n) is 11.7. The lowest BCUT2D eigenvalue weighted by Gasteiger charge is -2.05. The molecule has 0 radical (unpaired) electrons. The molecular weight excluding hydrogens is 284 g/mol. The van der Waals surface area contributed by atoms with Gasteiger partial charge in [-0.15, -0.1) is 5.10 Å². The van der Waals surface area contributed by atoms with Gasteiger partial charge in [-0.05, 0) is 12.1 Å². The summed E-state index contributed by atoms with van der Waals surface area (Å²) in [6.45, 7) is 0. The lowest BCUT2D eigenvalue weighted by atomic mass is 10.2. The highest BCUT2D eigenvalue weighted by molar-refractivity contribution is 5.58. The summed E-state index contributed by atoms with van der Waals surface area (Å²) in [6.07, 6.45) is 0. The number of benzene rings is 2. The Hall–Kier alpha value is -3.22. The zero-order chi connectivity index (χ0) is 15.7. The van der Waals surface area contributed by atoms with Crippen LogP contribution in [0.2, 0.25) is 0 Å². The van der Waals surface area contributed by atoms with Gasteiger partial charge in [-0.25, -0.2) is 14.0 Å². The molecule has 0 amide bonds. The Morgan fingerprint density at radius 2 is 1.68 bits per heavy atom. The van der Waals surface area contributed by atoms with E-state index in [2.05, 4.69) is 5.10 Å². The van der Waals surface area contributed by atoms with Crippen molar-refractivity contribution in [1.29, 1.82) is 0 Å². The van der Waals surface area contributed by atoms with Crippen molar-refractivity contribution in [2.24, 2.45) is 7.05 Å². The highest BCUT2D eigenvalue weighted by Gasteiger charge is 2.15. The number of aryl methyl sites for hydroxylation is 1. The van der Waals surface area contributed by atoms with Gasteiger partial charge in [0.25, 0.3) is 5.69 Å². The number of non-ortho nitro benzene ring substituents is 1. The van der Waals surface area contributed by atoms with Crippen molar-refractivity contribution in [3.8, 4) is 17.1 Å². The topological polar surface area (TPSA) is 83.0 Å². The smallest absolute Gasteiger partial charge is 0.258 e. The van der Waals surface area contributed by atoms with Crippen molar-refractivity contribution >= 4 is 5.69 Å². The van der Waals surface area contributed by atoms with Crippen molar-refractivity contribution in [1.82, 2.24) is 14.3 Å². The van der Waals surface area contributed by atoms with Crippen LogP contribution < -0.4 is 5.69 Å². The monoisotopic (exact) mass is 296 g/mol. The summed E-state index contributed by atoms with van der Waals surface area (Å²) in [5.41, 5.74) is 0.982. The minimum atomic E-state index is -0.478. The predicted octanol–water partition coefficient (Wildman–Crippen LogP) is 2.15. The normalized spacial score (nSPS) is 10.6. The molecule has 0 spiro atoms. The summed E-state index contributed by atoms with van der Waals surface area (Å²) < 4.78 is 2.67. The second-order valence-electron chi connectivity index (χ2n) is 4.70. The first kappa shape index (κ1) is 13.7. The van der Waals surface area contributed by atoms with E-state index < -0.39 is 4.92 Å². The molecular formula is C15H12N4O3. The zero-order valence-corrected chi connectivity index (χ0v) is 11.7. The van der Waals surface area contributed by atoms with Crippen molar-refractivity contribution < 1.29 is 4.92 Å². The van der Waals surface area contributed by atoms with Gasteiger partial charge in [-0.2, -0.15) is 0 Å². The molecule has 0 aliphatic heterocycles. The first-order valence-electron chi connectivity index (χ1n) is 6.54. The van der Waals surface area contributed by atoms with E-state index >= 15 is 0 Å². The van der Waals surface area contributed by atoms with E-state index in [0.29, 0.717) is 11.5 Å². The summed E-state index contributed by atoms with van der Waals surface area (Å²) in [6, 6.07) is 15.1. The molecule has 0 aliphatic rings. The van der Waals surface area contributed by atoms with Crippen molar-refractivity contribution in [3.05, 3.63) is 75.2 Å². The largest absolute Gasteiger partial charge is 0.350 e. The maximum atomic E-state index is 12.3. The summed E-state index contributed by atoms with van der Waals surface area (Å²) in [5, 5.41) is 15.0. The van der Waals surface area contributed by atoms with E-state index in [4.69, 9.17) is 0 Å². The van der Waals surface area contributed by atoms with Gasteiger partial charge < -0.3 is 0 Å². The van der Waals surface area contributed by atoms with Crippen molar-refractivity contribution in [3.63, 3.8) is 0 Å². The quantitative estimate of drug-likeness (QED) is 0.547. The summed E-state index contributed by atoms with van der Waals surface area (Å²) in [4.78, 5) is 22.6. The van der Waals surface area contributed by atoms with Crippen LogP contribution in [0.25, 0.3) is 17.1 Å². The van der Waals surface area contributed by atoms with E-state index in [-0.39, 0.29) is 11.4 Å². The minimum Gasteiger partial charge on any atom is -0.258 e. The SMILES string of the molecule is Cn1nc(-c2ccccc2)n(-c2ccc([N+](=O)[O-])cc2)c1=O. The third kappa shape index (κ3) is 2.28. The molecule has 22 heavy (non-hydrogen) atoms. The van der Waals surface area contributed by atoms with Crippen LogP contribution >= 0.6 is 0 Å². The van der Waals surface area contributed by atoms with Gasteiger partial charge in [-0.3, -0.25) is 10.1 Å². The van der Waals surface area contributed by atoms with Crippen LogP contribution in [0.3, 0.4) is 0 Å². The van der Waals surface area contributed by atoms with Crippen LogP contribution in [0.1, 0.15) is 0 Å². The Kier molecular flexibility index (Phi) is 3.30. The van der Waals surface area contributed by atoms with Crippen LogP contribution in [0.5, 0.6) is 0 Å². The van der Waals surface area contributed by atoms with Crippen LogP contribution in [0, 0.1) is 10.1 Å². The molecule has 0 aliphatic carbocycles. The van der Waals surface area contributed by atoms with Crippen LogP contribution in [-0.2, 0) is 7.05 Å². The van der Waals surface area contributed by atoms with Crippen molar-refractivity contribution in [2.75, 3.05) is 0 Å². The van der Waals surface area contributed by atoms with Crippen LogP contribution in [0.15, 0.2) is 59.4 Å². The standard InChI is InChI=1S/C15H12N4O3/c1-17-15(20)18(12-7-9-13(10-8-12)19(21)22)14(16-17)11-5-3-2-4-6-11/h2-10H,1H3. The molecule has 1 aromatic heterocycles. The molecule has 110 valence electrons. The second-order valence-corrected chi connectivity index (χ2v) is 4.70. The second kappa shape index (κ2) is 5.28. The lowest BCUT2D eigenvalue weighted by molar-refractivity contribution is -0.384. The molecule has 0 unspecified atom stereocenters. The van der Waals surface area contributed by atoms with Gasteiger partial charge in [0.2, 0.25) is 0 Å². The number of rotatable bonds is 3. The van der Waals surface area contributed by atoms with Gasteiger partial charge in [0, 0.05) is 24.7 Å². The van der Waals surface area contributed by atoms with Gasteiger partial charge in [-0.1, -0.05) is 30.3 Å². The van der Waals surface area contributed by atoms with Crippen LogP contribution in [-0.4, -0.2) is 19.3 Å². The van der Waals surface area contributed by atoms with E-state index in [1.165, 1.54) is 33.5 Å². The Bertz CT molecular complexity index is 879. The Balaban J connectivity index is 2.18. The average molecular weight is 296 g/mol. The molecule has 2 aromatic carbocycles. The predicted molar refractivity (Wildman–Crippen MR) is 80.9 cm³/mol. The first-order valence-corrected chi connectivity index (χ1v) is 6.54. The lowest BCUT2D eigenvalue weighted by Crippen LogP contribution is -2.21. The number of nitrogens with zero attached hydrogens (tertiary/aromatic N) is 4. The first-order chi connectivity index (χ1) is 10.6. The number of nitro benzene ring substituents is 1. The van der Waals surface area contributed by atoms with Gasteiger partial charge >= 0.3 is 5.69 Å². The molecule has 0 atom stereocenters. The number of hydrogen-bond acceptors (Lipinski definition) is 4. The number of hydrogen-bond donors (Lipinski definition) is 0. The van der Waals surface area contributed by atoms with Gasteiger partial charge in [0.15, 0.2) is 5.82 Å². The van der Waals surface area contributed by atoms with Gasteiger partial charge in [0.05, 0.1) is 10.6 Å². The third-order valence-corrected chi connectivity index (χ3v) is 3.28. The Labute approximate surface area is 125 Å². The molecule has 0 saturated heterocycles. The fraction of sp³-hybridized carbons (Fsp3) is 0.0667. The van der Waals surface area contributed by atoms with Gasteiger partial charge in [0.1, 0.15) is 0 Å². The molecule has 1 heterocycles. The fourth-order valence-corrected chi connectivity index (χ4v) is 2.20. The maximum absolute atomic E-state index is 12.3. The van der Waals surface area contributed by atoms with E-state index in [9.17, 15) is 14.9 Å². The molecule has 0 fully saturated rings. The Morgan fingerprint density at radius 1 is 1.05 bits per heavy atom. The van der Waals surface area contributed by atoms with Crippen molar-refractivity contribution in [2.45, 2.75) is 0 Å². The molecule has 3 rings (SSSR count). The number of aromatic nitrogens is 3. The highest BCUT2D eigenvalue weighted by atomic mass is 16.6. The maximum Gasteiger partial charge on any atom is 0.350 e. The van der Waals surface area contributed by atoms with E-state index in [1.54, 1.807) is 7.05 Å². The molecule has 7 heteroatoms. The average Bonchev–Trinajstić information content (AvgIpc) is 2.84. The van der Waals surface area contributed by atoms with Crippen LogP contribution in [0.4, 0.5) is 5.69 Å². The summed E-state index contributed by atoms with van der Waals surface area (Å²) in [5.74, 6) is 0.488. The van der Waals surface area contributed by atoms with E-state index in [1.807, 2.05) is 30.3 Å². The molecule has 0 bridgehead atoms. The summed E-state index contributed by atoms with van der Waals surface area (Å²) in [7, 11) is 1.57. The molecule has 7 nitrogen and oxygen atoms in total. The molecule has 3 aromatic rings. The number of nitro groups is 1. The minimum absolute atomic E-state index is 0.0260. The highest BCUT2D eigenvalue weighted by Crippen LogP contribution is 2.20. The molecule has 0 saturated carbocycles. The summed E-state index contributed by atoms with van der Waals surface area (Å²) >= 11 is 0. The third-order valence-electron chi connectivity index (χ3n) is 3.28. The molecule has 0 N–H and O–H groups in total.